The minimum absolute atomic E-state index is 0. The van der Waals surface area contributed by atoms with Gasteiger partial charge in [0, 0.05) is 0 Å². The molecular formula is C38H72FeP2. The van der Waals surface area contributed by atoms with E-state index in [2.05, 4.69) is 6.92 Å². The Bertz CT molecular complexity index is 583. The van der Waals surface area contributed by atoms with Crippen LogP contribution in [0.3, 0.4) is 0 Å². The van der Waals surface area contributed by atoms with Gasteiger partial charge in [0.15, 0.2) is 0 Å². The van der Waals surface area contributed by atoms with Crippen LogP contribution in [0.1, 0.15) is 187 Å². The summed E-state index contributed by atoms with van der Waals surface area (Å²) >= 11 is 0. The Labute approximate surface area is 273 Å². The van der Waals surface area contributed by atoms with Crippen molar-refractivity contribution in [2.45, 2.75) is 221 Å². The summed E-state index contributed by atoms with van der Waals surface area (Å²) in [6.07, 6.45) is 44.0. The molecule has 0 saturated heterocycles. The molecule has 0 bridgehead atoms. The Hall–Kier alpha value is 1.38. The number of hydrogen-bond donors (Lipinski definition) is 0. The van der Waals surface area contributed by atoms with Crippen LogP contribution in [0, 0.1) is 20.8 Å². The van der Waals surface area contributed by atoms with Gasteiger partial charge in [0.05, 0.1) is 0 Å². The zero-order chi connectivity index (χ0) is 26.0. The average molecular weight is 647 g/mol. The van der Waals surface area contributed by atoms with Gasteiger partial charge in [-0.05, 0) is 104 Å². The Balaban J connectivity index is 0.000000667. The molecule has 6 fully saturated rings. The zero-order valence-electron chi connectivity index (χ0n) is 28.1. The first-order chi connectivity index (χ1) is 18.8. The van der Waals surface area contributed by atoms with E-state index in [4.69, 9.17) is 0 Å². The molecule has 3 heteroatoms. The molecule has 0 nitrogen and oxygen atoms in total. The molecular weight excluding hydrogens is 574 g/mol. The van der Waals surface area contributed by atoms with Crippen molar-refractivity contribution in [2.75, 3.05) is 0 Å². The van der Waals surface area contributed by atoms with E-state index in [1.165, 1.54) is 49.1 Å². The summed E-state index contributed by atoms with van der Waals surface area (Å²) in [6, 6.07) is 0. The van der Waals surface area contributed by atoms with E-state index in [1.807, 2.05) is 0 Å². The molecule has 0 radical (unpaired) electrons. The molecule has 6 aliphatic rings. The fourth-order valence-electron chi connectivity index (χ4n) is 10.3. The number of hydrogen-bond acceptors (Lipinski definition) is 0. The Kier molecular flexibility index (Phi) is 20.0. The third-order valence-electron chi connectivity index (χ3n) is 12.2. The Morgan fingerprint density at radius 2 is 0.707 bits per heavy atom. The molecule has 6 saturated carbocycles. The minimum Gasteiger partial charge on any atom is -0.358 e. The van der Waals surface area contributed by atoms with Gasteiger partial charge in [-0.25, -0.2) is 0 Å². The second-order valence-corrected chi connectivity index (χ2v) is 20.9. The van der Waals surface area contributed by atoms with Crippen molar-refractivity contribution >= 4 is 15.8 Å². The fraction of sp³-hybridized carbons (Fsp3) is 0.947. The molecule has 6 rings (SSSR count). The van der Waals surface area contributed by atoms with Gasteiger partial charge in [0.1, 0.15) is 0 Å². The second kappa shape index (κ2) is 21.2. The van der Waals surface area contributed by atoms with E-state index in [9.17, 15) is 0 Å². The van der Waals surface area contributed by atoms with Crippen LogP contribution >= 0.6 is 15.8 Å². The maximum Gasteiger partial charge on any atom is 2.00 e. The van der Waals surface area contributed by atoms with E-state index in [1.54, 1.807) is 148 Å². The van der Waals surface area contributed by atoms with Gasteiger partial charge in [0.2, 0.25) is 0 Å². The minimum atomic E-state index is 0. The molecule has 3 atom stereocenters. The van der Waals surface area contributed by atoms with Crippen LogP contribution in [0.25, 0.3) is 0 Å². The molecule has 2 unspecified atom stereocenters. The quantitative estimate of drug-likeness (QED) is 0.147. The molecule has 6 aliphatic carbocycles. The van der Waals surface area contributed by atoms with Crippen molar-refractivity contribution in [1.29, 1.82) is 0 Å². The molecule has 0 amide bonds. The fourth-order valence-corrected chi connectivity index (χ4v) is 20.0. The van der Waals surface area contributed by atoms with E-state index < -0.39 is 0 Å². The summed E-state index contributed by atoms with van der Waals surface area (Å²) in [5.74, 6) is 1.13. The summed E-state index contributed by atoms with van der Waals surface area (Å²) < 4.78 is 0. The van der Waals surface area contributed by atoms with Crippen LogP contribution in [0.4, 0.5) is 0 Å². The normalized spacial score (nSPS) is 29.6. The molecule has 0 aromatic carbocycles. The van der Waals surface area contributed by atoms with Crippen molar-refractivity contribution in [3.63, 3.8) is 0 Å². The van der Waals surface area contributed by atoms with Gasteiger partial charge in [-0.2, -0.15) is 0 Å². The first-order valence-electron chi connectivity index (χ1n) is 18.4. The Morgan fingerprint density at radius 3 is 1.07 bits per heavy atom. The molecule has 0 aromatic rings. The maximum absolute atomic E-state index is 2.85. The monoisotopic (exact) mass is 646 g/mol. The van der Waals surface area contributed by atoms with Gasteiger partial charge in [-0.15, -0.1) is 0 Å². The first-order valence-corrected chi connectivity index (χ1v) is 21.5. The Morgan fingerprint density at radius 1 is 0.390 bits per heavy atom. The van der Waals surface area contributed by atoms with Crippen molar-refractivity contribution in [2.24, 2.45) is 5.92 Å². The summed E-state index contributed by atoms with van der Waals surface area (Å²) in [5.41, 5.74) is 6.93. The van der Waals surface area contributed by atoms with Crippen molar-refractivity contribution < 1.29 is 17.1 Å². The van der Waals surface area contributed by atoms with Crippen LogP contribution in [0.5, 0.6) is 0 Å². The van der Waals surface area contributed by atoms with Crippen LogP contribution in [-0.2, 0) is 17.1 Å². The predicted octanol–water partition coefficient (Wildman–Crippen LogP) is 13.7. The summed E-state index contributed by atoms with van der Waals surface area (Å²) in [6.45, 7) is 2.85. The van der Waals surface area contributed by atoms with Gasteiger partial charge in [-0.1, -0.05) is 138 Å². The van der Waals surface area contributed by atoms with E-state index in [0.717, 1.165) is 22.9 Å². The van der Waals surface area contributed by atoms with Crippen LogP contribution in [0.2, 0.25) is 0 Å². The smallest absolute Gasteiger partial charge is 0.358 e. The van der Waals surface area contributed by atoms with Crippen molar-refractivity contribution in [3.8, 4) is 0 Å². The van der Waals surface area contributed by atoms with Gasteiger partial charge in [-0.3, -0.25) is 0 Å². The standard InChI is InChI=1S/C31H56P2.C5H10.2CH3.Fe/c1-25(32(26-15-6-2-7-16-26)27-17-8-3-9-18-27)30-23-14-24-31(30)33(28-19-10-4-11-20-28)29-21-12-5-13-22-29;1-2-4-5-3-1;;;/h25-31H,2-24H2,1H3;1-5H2;2*1H3;/q;;2*-1;+2/t25-,30?,31?;;;;/m1..../s1. The van der Waals surface area contributed by atoms with Gasteiger partial charge < -0.3 is 14.9 Å². The van der Waals surface area contributed by atoms with E-state index in [0.29, 0.717) is 0 Å². The average Bonchev–Trinajstić information content (AvgIpc) is 3.72. The maximum atomic E-state index is 2.85. The van der Waals surface area contributed by atoms with Crippen LogP contribution in [0.15, 0.2) is 0 Å². The van der Waals surface area contributed by atoms with Gasteiger partial charge >= 0.3 is 17.1 Å². The number of rotatable bonds is 7. The third-order valence-corrected chi connectivity index (χ3v) is 20.4. The summed E-state index contributed by atoms with van der Waals surface area (Å²) in [7, 11) is 0.536. The summed E-state index contributed by atoms with van der Waals surface area (Å²) in [4.78, 5) is 0. The SMILES string of the molecule is C1CCCC1.C[C@H](C1CCCC1P(C1CCCCC1)C1CCCCC1)P(C1CCCCC1)C1CCCCC1.[CH3-].[CH3-].[Fe+2]. The van der Waals surface area contributed by atoms with Crippen LogP contribution < -0.4 is 0 Å². The largest absolute Gasteiger partial charge is 2.00 e. The predicted molar refractivity (Wildman–Crippen MR) is 188 cm³/mol. The van der Waals surface area contributed by atoms with Crippen molar-refractivity contribution in [1.82, 2.24) is 0 Å². The molecule has 41 heavy (non-hydrogen) atoms. The second-order valence-electron chi connectivity index (χ2n) is 14.7. The van der Waals surface area contributed by atoms with Gasteiger partial charge in [0.25, 0.3) is 0 Å². The zero-order valence-corrected chi connectivity index (χ0v) is 31.0. The molecule has 0 N–H and O–H groups in total. The third kappa shape index (κ3) is 11.0. The molecule has 0 aliphatic heterocycles. The molecule has 242 valence electrons. The summed E-state index contributed by atoms with van der Waals surface area (Å²) in [5, 5.41) is 0. The van der Waals surface area contributed by atoms with Crippen molar-refractivity contribution in [3.05, 3.63) is 14.9 Å². The molecule has 0 spiro atoms. The van der Waals surface area contributed by atoms with E-state index >= 15 is 0 Å². The molecule has 0 heterocycles. The first kappa shape index (κ1) is 38.6. The topological polar surface area (TPSA) is 0 Å². The van der Waals surface area contributed by atoms with E-state index in [-0.39, 0.29) is 47.8 Å². The van der Waals surface area contributed by atoms with Crippen LogP contribution in [-0.4, -0.2) is 34.0 Å². The molecule has 0 aromatic heterocycles.